The Balaban J connectivity index is 1.61. The smallest absolute Gasteiger partial charge is 0.220 e. The number of carbonyl (C=O) groups is 1. The number of amides is 1. The molecule has 100 heavy (non-hydrogen) atoms. The fourth-order valence-corrected chi connectivity index (χ4v) is 13.5. The Bertz CT molecular complexity index is 2010. The molecule has 2 fully saturated rings. The molecule has 14 heteroatoms. The first-order chi connectivity index (χ1) is 49.1. The van der Waals surface area contributed by atoms with Gasteiger partial charge in [0.15, 0.2) is 12.6 Å². The van der Waals surface area contributed by atoms with Crippen LogP contribution >= 0.6 is 0 Å². The summed E-state index contributed by atoms with van der Waals surface area (Å²) in [7, 11) is 0. The zero-order valence-electron chi connectivity index (χ0n) is 63.9. The number of nitrogens with one attached hydrogen (secondary N) is 1. The van der Waals surface area contributed by atoms with Crippen molar-refractivity contribution in [2.75, 3.05) is 19.8 Å². The summed E-state index contributed by atoms with van der Waals surface area (Å²) in [5.41, 5.74) is 0. The minimum absolute atomic E-state index is 0.238. The number of ether oxygens (including phenoxy) is 4. The van der Waals surface area contributed by atoms with Crippen LogP contribution in [-0.2, 0) is 23.7 Å². The highest BCUT2D eigenvalue weighted by Crippen LogP contribution is 2.30. The molecular formula is C86H155NO13. The van der Waals surface area contributed by atoms with E-state index in [0.717, 1.165) is 77.0 Å². The van der Waals surface area contributed by atoms with Crippen molar-refractivity contribution in [1.29, 1.82) is 0 Å². The van der Waals surface area contributed by atoms with Gasteiger partial charge in [-0.05, 0) is 70.6 Å². The van der Waals surface area contributed by atoms with Gasteiger partial charge in [-0.3, -0.25) is 4.79 Å². The van der Waals surface area contributed by atoms with E-state index in [4.69, 9.17) is 18.9 Å². The number of rotatable bonds is 70. The Morgan fingerprint density at radius 2 is 0.690 bits per heavy atom. The normalized spacial score (nSPS) is 22.3. The third kappa shape index (κ3) is 51.4. The molecule has 9 N–H and O–H groups in total. The highest BCUT2D eigenvalue weighted by Gasteiger charge is 2.51. The molecule has 0 aromatic carbocycles. The lowest BCUT2D eigenvalue weighted by Crippen LogP contribution is -2.65. The van der Waals surface area contributed by atoms with Gasteiger partial charge in [0.25, 0.3) is 0 Å². The monoisotopic (exact) mass is 1410 g/mol. The van der Waals surface area contributed by atoms with Crippen LogP contribution in [0.15, 0.2) is 85.1 Å². The lowest BCUT2D eigenvalue weighted by atomic mass is 9.97. The Morgan fingerprint density at radius 1 is 0.370 bits per heavy atom. The van der Waals surface area contributed by atoms with Gasteiger partial charge in [-0.2, -0.15) is 0 Å². The van der Waals surface area contributed by atoms with Gasteiger partial charge in [-0.25, -0.2) is 0 Å². The van der Waals surface area contributed by atoms with Crippen molar-refractivity contribution in [2.24, 2.45) is 0 Å². The molecule has 0 aromatic rings. The zero-order valence-corrected chi connectivity index (χ0v) is 63.9. The summed E-state index contributed by atoms with van der Waals surface area (Å²) in [4.78, 5) is 13.4. The standard InChI is InChI=1S/C86H155NO13/c1-3-5-7-9-11-13-15-17-19-21-23-25-27-29-31-33-35-37-39-41-43-45-47-49-51-53-55-57-59-61-63-65-67-69-75(90)74(73-97-85-83(96)81(94)84(77(72-89)99-85)100-86-82(95)80(93)79(92)76(71-88)98-86)87-78(91)70-68-66-64-62-60-58-56-54-52-50-48-46-44-42-40-38-36-34-32-30-28-26-24-22-20-18-16-14-12-10-8-6-4-2/h6,8,12,14,18,20,24,26,30,32,36,38,67,69,74-77,79-86,88-90,92-96H,3-5,7,9-11,13,15-17,19,21-23,25,27-29,31,33-35,37,39-66,68,70-73H2,1-2H3,(H,87,91)/b8-6-,14-12-,20-18-,26-24-,32-30-,38-36-,69-67+. The number of aliphatic hydroxyl groups excluding tert-OH is 8. The van der Waals surface area contributed by atoms with E-state index in [2.05, 4.69) is 92.1 Å². The van der Waals surface area contributed by atoms with Crippen LogP contribution in [0.2, 0.25) is 0 Å². The minimum Gasteiger partial charge on any atom is -0.394 e. The summed E-state index contributed by atoms with van der Waals surface area (Å²) >= 11 is 0. The van der Waals surface area contributed by atoms with E-state index >= 15 is 0 Å². The highest BCUT2D eigenvalue weighted by molar-refractivity contribution is 5.76. The SMILES string of the molecule is CC/C=C\C/C=C\C/C=C\C/C=C\C/C=C\C/C=C\CCCCCCCCCCCCCCCCC(=O)NC(COC1OC(CO)C(OC2OC(CO)C(O)C(O)C2O)C(O)C1O)C(O)/C=C/CCCCCCCCCCCCCCCCCCCCCCCCCCCCCCCCC. The number of hydrogen-bond donors (Lipinski definition) is 9. The van der Waals surface area contributed by atoms with Crippen molar-refractivity contribution < 1.29 is 64.6 Å². The Morgan fingerprint density at radius 3 is 1.06 bits per heavy atom. The van der Waals surface area contributed by atoms with Crippen LogP contribution in [-0.4, -0.2) is 140 Å². The summed E-state index contributed by atoms with van der Waals surface area (Å²) in [5.74, 6) is -0.238. The molecule has 0 saturated carbocycles. The van der Waals surface area contributed by atoms with E-state index in [1.54, 1.807) is 6.08 Å². The molecule has 0 bridgehead atoms. The number of allylic oxidation sites excluding steroid dienone is 13. The maximum absolute atomic E-state index is 13.4. The average Bonchev–Trinajstić information content (AvgIpc) is 0.791. The van der Waals surface area contributed by atoms with Crippen LogP contribution in [0.25, 0.3) is 0 Å². The van der Waals surface area contributed by atoms with Crippen molar-refractivity contribution in [3.05, 3.63) is 85.1 Å². The average molecular weight is 1410 g/mol. The van der Waals surface area contributed by atoms with Gasteiger partial charge in [-0.1, -0.05) is 369 Å². The maximum atomic E-state index is 13.4. The van der Waals surface area contributed by atoms with Crippen LogP contribution in [0.1, 0.15) is 361 Å². The van der Waals surface area contributed by atoms with Crippen LogP contribution in [0.3, 0.4) is 0 Å². The lowest BCUT2D eigenvalue weighted by Gasteiger charge is -2.46. The van der Waals surface area contributed by atoms with E-state index in [-0.39, 0.29) is 18.9 Å². The van der Waals surface area contributed by atoms with E-state index < -0.39 is 86.8 Å². The Labute approximate surface area is 611 Å². The second-order valence-corrected chi connectivity index (χ2v) is 29.2. The number of unbranched alkanes of at least 4 members (excludes halogenated alkanes) is 45. The van der Waals surface area contributed by atoms with Gasteiger partial charge < -0.3 is 65.1 Å². The van der Waals surface area contributed by atoms with Gasteiger partial charge in [0, 0.05) is 6.42 Å². The number of aliphatic hydroxyl groups is 8. The van der Waals surface area contributed by atoms with E-state index in [1.807, 2.05) is 6.08 Å². The summed E-state index contributed by atoms with van der Waals surface area (Å²) in [6.07, 6.45) is 81.0. The topological polar surface area (TPSA) is 228 Å². The Kier molecular flexibility index (Phi) is 64.6. The van der Waals surface area contributed by atoms with Crippen LogP contribution in [0.4, 0.5) is 0 Å². The maximum Gasteiger partial charge on any atom is 0.220 e. The quantitative estimate of drug-likeness (QED) is 0.0204. The van der Waals surface area contributed by atoms with Crippen molar-refractivity contribution >= 4 is 5.91 Å². The van der Waals surface area contributed by atoms with Gasteiger partial charge in [0.1, 0.15) is 48.8 Å². The molecule has 2 rings (SSSR count). The summed E-state index contributed by atoms with van der Waals surface area (Å²) < 4.78 is 22.9. The summed E-state index contributed by atoms with van der Waals surface area (Å²) in [5, 5.41) is 87.8. The fraction of sp³-hybridized carbons (Fsp3) is 0.826. The summed E-state index contributed by atoms with van der Waals surface area (Å²) in [6, 6.07) is -0.922. The largest absolute Gasteiger partial charge is 0.394 e. The lowest BCUT2D eigenvalue weighted by molar-refractivity contribution is -0.359. The molecule has 0 radical (unpaired) electrons. The molecule has 2 aliphatic rings. The van der Waals surface area contributed by atoms with Gasteiger partial charge in [0.2, 0.25) is 5.91 Å². The molecule has 0 aliphatic carbocycles. The molecular weight excluding hydrogens is 1250 g/mol. The highest BCUT2D eigenvalue weighted by atomic mass is 16.7. The van der Waals surface area contributed by atoms with Crippen molar-refractivity contribution in [2.45, 2.75) is 434 Å². The van der Waals surface area contributed by atoms with E-state index in [1.165, 1.54) is 257 Å². The van der Waals surface area contributed by atoms with Crippen LogP contribution in [0.5, 0.6) is 0 Å². The van der Waals surface area contributed by atoms with Crippen LogP contribution in [0, 0.1) is 0 Å². The molecule has 1 amide bonds. The first-order valence-electron chi connectivity index (χ1n) is 41.8. The van der Waals surface area contributed by atoms with Crippen molar-refractivity contribution in [3.8, 4) is 0 Å². The number of hydrogen-bond acceptors (Lipinski definition) is 13. The third-order valence-corrected chi connectivity index (χ3v) is 20.1. The van der Waals surface area contributed by atoms with Gasteiger partial charge in [0.05, 0.1) is 32.0 Å². The van der Waals surface area contributed by atoms with E-state index in [0.29, 0.717) is 6.42 Å². The van der Waals surface area contributed by atoms with Crippen molar-refractivity contribution in [1.82, 2.24) is 5.32 Å². The predicted octanol–water partition coefficient (Wildman–Crippen LogP) is 19.5. The molecule has 12 atom stereocenters. The molecule has 0 aromatic heterocycles. The molecule has 2 heterocycles. The third-order valence-electron chi connectivity index (χ3n) is 20.1. The van der Waals surface area contributed by atoms with Gasteiger partial charge in [-0.15, -0.1) is 0 Å². The molecule has 2 aliphatic heterocycles. The fourth-order valence-electron chi connectivity index (χ4n) is 13.5. The minimum atomic E-state index is -1.79. The molecule has 12 unspecified atom stereocenters. The first-order valence-corrected chi connectivity index (χ1v) is 41.8. The van der Waals surface area contributed by atoms with Crippen LogP contribution < -0.4 is 5.32 Å². The second kappa shape index (κ2) is 69.2. The Hall–Kier alpha value is -2.83. The summed E-state index contributed by atoms with van der Waals surface area (Å²) in [6.45, 7) is 2.74. The molecule has 14 nitrogen and oxygen atoms in total. The van der Waals surface area contributed by atoms with Crippen molar-refractivity contribution in [3.63, 3.8) is 0 Å². The zero-order chi connectivity index (χ0) is 72.2. The predicted molar refractivity (Wildman–Crippen MR) is 415 cm³/mol. The second-order valence-electron chi connectivity index (χ2n) is 29.2. The van der Waals surface area contributed by atoms with E-state index in [9.17, 15) is 45.6 Å². The molecule has 582 valence electrons. The van der Waals surface area contributed by atoms with Gasteiger partial charge >= 0.3 is 0 Å². The first kappa shape index (κ1) is 93.3. The number of carbonyl (C=O) groups excluding carboxylic acids is 1. The molecule has 0 spiro atoms. The molecule has 2 saturated heterocycles.